The molecule has 2 N–H and O–H groups in total. The molecule has 200 valence electrons. The van der Waals surface area contributed by atoms with Crippen molar-refractivity contribution in [2.45, 2.75) is 51.5 Å². The lowest BCUT2D eigenvalue weighted by Gasteiger charge is -2.13. The Morgan fingerprint density at radius 2 is 1.62 bits per heavy atom. The second-order valence-corrected chi connectivity index (χ2v) is 10.6. The van der Waals surface area contributed by atoms with Gasteiger partial charge in [0.1, 0.15) is 0 Å². The van der Waals surface area contributed by atoms with Gasteiger partial charge in [-0.3, -0.25) is 9.36 Å². The van der Waals surface area contributed by atoms with E-state index in [1.807, 2.05) is 0 Å². The third-order valence-corrected chi connectivity index (χ3v) is 7.90. The van der Waals surface area contributed by atoms with Gasteiger partial charge in [-0.2, -0.15) is 26.3 Å². The van der Waals surface area contributed by atoms with Crippen LogP contribution in [0.3, 0.4) is 0 Å². The molecule has 4 nitrogen and oxygen atoms in total. The van der Waals surface area contributed by atoms with Crippen LogP contribution in [0.2, 0.25) is 0 Å². The third kappa shape index (κ3) is 7.02. The Kier molecular flexibility index (Phi) is 8.91. The number of rotatable bonds is 9. The van der Waals surface area contributed by atoms with Gasteiger partial charge >= 0.3 is 18.3 Å². The van der Waals surface area contributed by atoms with Crippen molar-refractivity contribution >= 4 is 46.4 Å². The minimum atomic E-state index is -4.95. The van der Waals surface area contributed by atoms with Gasteiger partial charge in [-0.15, -0.1) is 22.7 Å². The summed E-state index contributed by atoms with van der Waals surface area (Å²) in [5.41, 5.74) is -2.30. The van der Waals surface area contributed by atoms with Crippen LogP contribution < -0.4 is 0 Å². The van der Waals surface area contributed by atoms with E-state index in [1.54, 1.807) is 13.0 Å². The van der Waals surface area contributed by atoms with Gasteiger partial charge < -0.3 is 10.2 Å². The summed E-state index contributed by atoms with van der Waals surface area (Å²) in [6, 6.07) is 2.93. The third-order valence-electron chi connectivity index (χ3n) is 5.46. The minimum absolute atomic E-state index is 0.0477. The number of carbonyl (C=O) groups is 1. The van der Waals surface area contributed by atoms with Gasteiger partial charge in [0, 0.05) is 23.4 Å². The highest BCUT2D eigenvalue weighted by molar-refractivity contribution is 7.73. The summed E-state index contributed by atoms with van der Waals surface area (Å²) in [6.07, 6.45) is -6.46. The molecule has 0 spiro atoms. The average Bonchev–Trinajstić information content (AvgIpc) is 3.38. The van der Waals surface area contributed by atoms with Crippen molar-refractivity contribution in [2.24, 2.45) is 0 Å². The maximum atomic E-state index is 13.3. The molecular formula is C24H21F6NO3S3. The SMILES string of the molecule is CC=C(c1cc(-c2cc(C(F)(F)F)cc(C(F)(F)F)c2)cs1)c1sc(=S)n(CCCCCC(=O)O)c1O. The van der Waals surface area contributed by atoms with Crippen LogP contribution in [-0.4, -0.2) is 20.7 Å². The maximum absolute atomic E-state index is 13.3. The molecule has 0 amide bonds. The van der Waals surface area contributed by atoms with Crippen LogP contribution in [-0.2, 0) is 23.7 Å². The normalized spacial score (nSPS) is 12.8. The van der Waals surface area contributed by atoms with Crippen LogP contribution in [0, 0.1) is 3.95 Å². The van der Waals surface area contributed by atoms with Crippen LogP contribution in [0.1, 0.15) is 53.5 Å². The van der Waals surface area contributed by atoms with Gasteiger partial charge in [0.2, 0.25) is 5.88 Å². The number of alkyl halides is 6. The summed E-state index contributed by atoms with van der Waals surface area (Å²) >= 11 is 7.61. The summed E-state index contributed by atoms with van der Waals surface area (Å²) < 4.78 is 81.6. The van der Waals surface area contributed by atoms with Gasteiger partial charge in [-0.05, 0) is 72.8 Å². The van der Waals surface area contributed by atoms with E-state index in [-0.39, 0.29) is 29.5 Å². The zero-order chi connectivity index (χ0) is 27.5. The molecule has 0 bridgehead atoms. The predicted octanol–water partition coefficient (Wildman–Crippen LogP) is 8.85. The molecule has 0 saturated carbocycles. The number of unbranched alkanes of at least 4 members (excludes halogenated alkanes) is 2. The first-order valence-corrected chi connectivity index (χ1v) is 13.0. The molecule has 0 atom stereocenters. The van der Waals surface area contributed by atoms with Crippen molar-refractivity contribution in [1.29, 1.82) is 0 Å². The van der Waals surface area contributed by atoms with Gasteiger partial charge in [0.15, 0.2) is 3.95 Å². The lowest BCUT2D eigenvalue weighted by atomic mass is 10.00. The van der Waals surface area contributed by atoms with E-state index in [1.165, 1.54) is 16.0 Å². The molecule has 0 saturated heterocycles. The average molecular weight is 582 g/mol. The molecule has 0 aliphatic heterocycles. The molecule has 2 heterocycles. The van der Waals surface area contributed by atoms with Crippen LogP contribution >= 0.6 is 34.9 Å². The number of aromatic nitrogens is 1. The second-order valence-electron chi connectivity index (χ2n) is 8.07. The van der Waals surface area contributed by atoms with E-state index < -0.39 is 29.4 Å². The molecule has 3 rings (SSSR count). The van der Waals surface area contributed by atoms with Crippen LogP contribution in [0.4, 0.5) is 26.3 Å². The standard InChI is InChI=1S/C24H21F6NO3S3/c1-2-17(20-21(34)31(22(35)37-20)7-5-3-4-6-19(32)33)18-10-14(12-36-18)13-8-15(23(25,26)27)11-16(9-13)24(28,29)30/h2,8-12,34H,3-7H2,1H3,(H,32,33). The summed E-state index contributed by atoms with van der Waals surface area (Å²) in [6.45, 7) is 2.07. The zero-order valence-corrected chi connectivity index (χ0v) is 21.7. The zero-order valence-electron chi connectivity index (χ0n) is 19.2. The van der Waals surface area contributed by atoms with Gasteiger partial charge in [0.25, 0.3) is 0 Å². The molecule has 0 radical (unpaired) electrons. The number of thiazole rings is 1. The Hall–Kier alpha value is -2.64. The first kappa shape index (κ1) is 28.9. The number of aromatic hydroxyl groups is 1. The molecule has 1 aromatic carbocycles. The van der Waals surface area contributed by atoms with E-state index >= 15 is 0 Å². The highest BCUT2D eigenvalue weighted by Crippen LogP contribution is 2.42. The monoisotopic (exact) mass is 581 g/mol. The number of thiophene rings is 1. The molecule has 2 aromatic heterocycles. The van der Waals surface area contributed by atoms with E-state index in [0.29, 0.717) is 57.2 Å². The second kappa shape index (κ2) is 11.4. The number of benzene rings is 1. The smallest absolute Gasteiger partial charge is 0.416 e. The van der Waals surface area contributed by atoms with E-state index in [4.69, 9.17) is 17.3 Å². The first-order valence-electron chi connectivity index (χ1n) is 10.9. The minimum Gasteiger partial charge on any atom is -0.493 e. The fraction of sp³-hybridized carbons (Fsp3) is 0.333. The summed E-state index contributed by atoms with van der Waals surface area (Å²) in [4.78, 5) is 11.6. The van der Waals surface area contributed by atoms with E-state index in [0.717, 1.165) is 22.7 Å². The molecular weight excluding hydrogens is 560 g/mol. The maximum Gasteiger partial charge on any atom is 0.416 e. The predicted molar refractivity (Wildman–Crippen MR) is 133 cm³/mol. The van der Waals surface area contributed by atoms with Crippen LogP contribution in [0.15, 0.2) is 35.7 Å². The Bertz CT molecular complexity index is 1330. The van der Waals surface area contributed by atoms with Crippen LogP contribution in [0.25, 0.3) is 16.7 Å². The summed E-state index contributed by atoms with van der Waals surface area (Å²) in [5.74, 6) is -0.986. The van der Waals surface area contributed by atoms with Crippen LogP contribution in [0.5, 0.6) is 5.88 Å². The Labute approximate surface area is 221 Å². The molecule has 0 unspecified atom stereocenters. The number of halogens is 6. The number of aliphatic carboxylic acids is 1. The largest absolute Gasteiger partial charge is 0.493 e. The lowest BCUT2D eigenvalue weighted by molar-refractivity contribution is -0.143. The van der Waals surface area contributed by atoms with Crippen molar-refractivity contribution in [2.75, 3.05) is 0 Å². The molecule has 37 heavy (non-hydrogen) atoms. The number of carboxylic acids is 1. The van der Waals surface area contributed by atoms with Gasteiger partial charge in [0.05, 0.1) is 16.0 Å². The molecule has 13 heteroatoms. The van der Waals surface area contributed by atoms with Crippen molar-refractivity contribution in [3.63, 3.8) is 0 Å². The number of allylic oxidation sites excluding steroid dienone is 1. The van der Waals surface area contributed by atoms with Crippen molar-refractivity contribution in [1.82, 2.24) is 4.57 Å². The number of hydrogen-bond acceptors (Lipinski definition) is 5. The fourth-order valence-corrected chi connectivity index (χ4v) is 6.12. The van der Waals surface area contributed by atoms with Crippen molar-refractivity contribution < 1.29 is 41.4 Å². The number of nitrogens with zero attached hydrogens (tertiary/aromatic N) is 1. The molecule has 0 aliphatic carbocycles. The van der Waals surface area contributed by atoms with E-state index in [9.17, 15) is 36.2 Å². The first-order chi connectivity index (χ1) is 17.2. The lowest BCUT2D eigenvalue weighted by Crippen LogP contribution is -2.11. The van der Waals surface area contributed by atoms with E-state index in [2.05, 4.69) is 0 Å². The highest BCUT2D eigenvalue weighted by Gasteiger charge is 2.37. The Morgan fingerprint density at radius 3 is 2.16 bits per heavy atom. The topological polar surface area (TPSA) is 62.5 Å². The Balaban J connectivity index is 1.92. The quantitative estimate of drug-likeness (QED) is 0.151. The summed E-state index contributed by atoms with van der Waals surface area (Å²) in [7, 11) is 0. The van der Waals surface area contributed by atoms with Crippen molar-refractivity contribution in [3.05, 3.63) is 60.6 Å². The molecule has 0 aliphatic rings. The van der Waals surface area contributed by atoms with Crippen molar-refractivity contribution in [3.8, 4) is 17.0 Å². The molecule has 0 fully saturated rings. The molecule has 3 aromatic rings. The number of carboxylic acid groups (broad SMARTS) is 1. The highest BCUT2D eigenvalue weighted by atomic mass is 32.1. The summed E-state index contributed by atoms with van der Waals surface area (Å²) in [5, 5.41) is 21.0. The van der Waals surface area contributed by atoms with Gasteiger partial charge in [-0.25, -0.2) is 0 Å². The number of hydrogen-bond donors (Lipinski definition) is 2. The Morgan fingerprint density at radius 1 is 1.00 bits per heavy atom. The van der Waals surface area contributed by atoms with Gasteiger partial charge in [-0.1, -0.05) is 12.5 Å². The fourth-order valence-electron chi connectivity index (χ4n) is 3.63.